The van der Waals surface area contributed by atoms with Crippen molar-refractivity contribution in [2.24, 2.45) is 11.8 Å². The van der Waals surface area contributed by atoms with Crippen molar-refractivity contribution in [3.8, 4) is 0 Å². The number of hydrogen-bond acceptors (Lipinski definition) is 4. The van der Waals surface area contributed by atoms with E-state index in [-0.39, 0.29) is 18.6 Å². The van der Waals surface area contributed by atoms with E-state index in [2.05, 4.69) is 19.2 Å². The first-order chi connectivity index (χ1) is 9.97. The Bertz CT molecular complexity index is 511. The molecule has 1 heterocycles. The van der Waals surface area contributed by atoms with Gasteiger partial charge >= 0.3 is 5.97 Å². The van der Waals surface area contributed by atoms with Crippen molar-refractivity contribution in [3.05, 3.63) is 21.9 Å². The van der Waals surface area contributed by atoms with Crippen LogP contribution in [-0.2, 0) is 9.53 Å². The third-order valence-corrected chi connectivity index (χ3v) is 5.31. The van der Waals surface area contributed by atoms with Crippen molar-refractivity contribution in [1.82, 2.24) is 5.32 Å². The molecule has 1 fully saturated rings. The lowest BCUT2D eigenvalue weighted by Gasteiger charge is -2.34. The summed E-state index contributed by atoms with van der Waals surface area (Å²) in [5, 5.41) is 3.00. The number of ether oxygens (including phenoxy) is 1. The molecule has 3 atom stereocenters. The SMILES string of the molecule is Cc1ccc(C(=O)OCC(=O)N[C@H]2CCC[C@@H](C)[C@@H]2C)s1. The van der Waals surface area contributed by atoms with Gasteiger partial charge in [-0.1, -0.05) is 26.7 Å². The van der Waals surface area contributed by atoms with Crippen LogP contribution in [0.5, 0.6) is 0 Å². The van der Waals surface area contributed by atoms with Gasteiger partial charge in [-0.25, -0.2) is 4.79 Å². The lowest BCUT2D eigenvalue weighted by Crippen LogP contribution is -2.45. The fourth-order valence-electron chi connectivity index (χ4n) is 2.78. The lowest BCUT2D eigenvalue weighted by atomic mass is 9.78. The number of thiophene rings is 1. The van der Waals surface area contributed by atoms with Crippen molar-refractivity contribution in [2.45, 2.75) is 46.1 Å². The van der Waals surface area contributed by atoms with E-state index >= 15 is 0 Å². The van der Waals surface area contributed by atoms with Crippen molar-refractivity contribution in [3.63, 3.8) is 0 Å². The number of carbonyl (C=O) groups excluding carboxylic acids is 2. The van der Waals surface area contributed by atoms with E-state index in [0.29, 0.717) is 16.7 Å². The summed E-state index contributed by atoms with van der Waals surface area (Å²) >= 11 is 1.38. The molecule has 0 bridgehead atoms. The molecule has 0 spiro atoms. The van der Waals surface area contributed by atoms with Crippen LogP contribution in [0.15, 0.2) is 12.1 Å². The van der Waals surface area contributed by atoms with E-state index in [4.69, 9.17) is 4.74 Å². The summed E-state index contributed by atoms with van der Waals surface area (Å²) in [7, 11) is 0. The van der Waals surface area contributed by atoms with Crippen molar-refractivity contribution >= 4 is 23.2 Å². The molecule has 1 amide bonds. The van der Waals surface area contributed by atoms with Crippen LogP contribution in [0.25, 0.3) is 0 Å². The van der Waals surface area contributed by atoms with Crippen molar-refractivity contribution in [2.75, 3.05) is 6.61 Å². The smallest absolute Gasteiger partial charge is 0.348 e. The number of aryl methyl sites for hydroxylation is 1. The Morgan fingerprint density at radius 3 is 2.76 bits per heavy atom. The quantitative estimate of drug-likeness (QED) is 0.869. The van der Waals surface area contributed by atoms with Gasteiger partial charge in [-0.2, -0.15) is 0 Å². The highest BCUT2D eigenvalue weighted by molar-refractivity contribution is 7.13. The maximum absolute atomic E-state index is 11.9. The highest BCUT2D eigenvalue weighted by Gasteiger charge is 2.28. The average Bonchev–Trinajstić information content (AvgIpc) is 2.88. The van der Waals surface area contributed by atoms with Crippen LogP contribution < -0.4 is 5.32 Å². The molecule has 0 aliphatic heterocycles. The first-order valence-electron chi connectivity index (χ1n) is 7.50. The van der Waals surface area contributed by atoms with E-state index in [1.165, 1.54) is 17.8 Å². The third kappa shape index (κ3) is 4.30. The Kier molecular flexibility index (Phi) is 5.39. The van der Waals surface area contributed by atoms with E-state index in [1.54, 1.807) is 6.07 Å². The van der Waals surface area contributed by atoms with E-state index < -0.39 is 5.97 Å². The summed E-state index contributed by atoms with van der Waals surface area (Å²) in [6.07, 6.45) is 3.38. The maximum Gasteiger partial charge on any atom is 0.348 e. The van der Waals surface area contributed by atoms with Gasteiger partial charge in [0.2, 0.25) is 0 Å². The summed E-state index contributed by atoms with van der Waals surface area (Å²) in [6.45, 7) is 6.13. The molecule has 5 heteroatoms. The molecule has 1 aliphatic rings. The highest BCUT2D eigenvalue weighted by Crippen LogP contribution is 2.29. The molecule has 2 rings (SSSR count). The number of esters is 1. The second-order valence-electron chi connectivity index (χ2n) is 5.93. The van der Waals surface area contributed by atoms with Crippen LogP contribution in [0, 0.1) is 18.8 Å². The van der Waals surface area contributed by atoms with Gasteiger partial charge in [0.1, 0.15) is 4.88 Å². The van der Waals surface area contributed by atoms with Gasteiger partial charge in [0.15, 0.2) is 6.61 Å². The summed E-state index contributed by atoms with van der Waals surface area (Å²) in [5.41, 5.74) is 0. The van der Waals surface area contributed by atoms with Crippen LogP contribution in [0.3, 0.4) is 0 Å². The summed E-state index contributed by atoms with van der Waals surface area (Å²) in [6, 6.07) is 3.79. The molecule has 0 aromatic carbocycles. The Balaban J connectivity index is 1.78. The number of hydrogen-bond donors (Lipinski definition) is 1. The van der Waals surface area contributed by atoms with Gasteiger partial charge in [0, 0.05) is 10.9 Å². The summed E-state index contributed by atoms with van der Waals surface area (Å²) in [5.74, 6) is 0.468. The molecule has 4 nitrogen and oxygen atoms in total. The minimum absolute atomic E-state index is 0.198. The lowest BCUT2D eigenvalue weighted by molar-refractivity contribution is -0.125. The van der Waals surface area contributed by atoms with Crippen molar-refractivity contribution < 1.29 is 14.3 Å². The fourth-order valence-corrected chi connectivity index (χ4v) is 3.54. The number of amides is 1. The average molecular weight is 309 g/mol. The predicted octanol–water partition coefficient (Wildman–Crippen LogP) is 3.15. The molecular formula is C16H23NO3S. The van der Waals surface area contributed by atoms with Crippen LogP contribution in [-0.4, -0.2) is 24.5 Å². The maximum atomic E-state index is 11.9. The van der Waals surface area contributed by atoms with Gasteiger partial charge in [0.05, 0.1) is 0 Å². The minimum Gasteiger partial charge on any atom is -0.451 e. The Labute approximate surface area is 129 Å². The molecule has 116 valence electrons. The summed E-state index contributed by atoms with van der Waals surface area (Å²) in [4.78, 5) is 25.3. The van der Waals surface area contributed by atoms with Gasteiger partial charge in [-0.05, 0) is 37.3 Å². The molecule has 1 aliphatic carbocycles. The largest absolute Gasteiger partial charge is 0.451 e. The third-order valence-electron chi connectivity index (χ3n) is 4.33. The van der Waals surface area contributed by atoms with Gasteiger partial charge < -0.3 is 10.1 Å². The standard InChI is InChI=1S/C16H23NO3S/c1-10-5-4-6-13(12(10)3)17-15(18)9-20-16(19)14-8-7-11(2)21-14/h7-8,10,12-13H,4-6,9H2,1-3H3,(H,17,18)/t10-,12+,13+/m1/s1. The summed E-state index contributed by atoms with van der Waals surface area (Å²) < 4.78 is 5.07. The molecule has 21 heavy (non-hydrogen) atoms. The number of carbonyl (C=O) groups is 2. The zero-order chi connectivity index (χ0) is 15.4. The van der Waals surface area contributed by atoms with Crippen LogP contribution in [0.1, 0.15) is 47.7 Å². The molecule has 0 unspecified atom stereocenters. The van der Waals surface area contributed by atoms with Crippen LogP contribution in [0.2, 0.25) is 0 Å². The van der Waals surface area contributed by atoms with Crippen molar-refractivity contribution in [1.29, 1.82) is 0 Å². The monoisotopic (exact) mass is 309 g/mol. The van der Waals surface area contributed by atoms with Gasteiger partial charge in [-0.3, -0.25) is 4.79 Å². The predicted molar refractivity (Wildman–Crippen MR) is 83.4 cm³/mol. The topological polar surface area (TPSA) is 55.4 Å². The second kappa shape index (κ2) is 7.07. The Morgan fingerprint density at radius 2 is 2.10 bits per heavy atom. The normalized spacial score (nSPS) is 25.4. The van der Waals surface area contributed by atoms with E-state index in [1.807, 2.05) is 13.0 Å². The molecular weight excluding hydrogens is 286 g/mol. The molecule has 0 saturated heterocycles. The first kappa shape index (κ1) is 16.0. The van der Waals surface area contributed by atoms with E-state index in [0.717, 1.165) is 17.7 Å². The van der Waals surface area contributed by atoms with Crippen LogP contribution in [0.4, 0.5) is 0 Å². The van der Waals surface area contributed by atoms with E-state index in [9.17, 15) is 9.59 Å². The zero-order valence-electron chi connectivity index (χ0n) is 12.8. The first-order valence-corrected chi connectivity index (χ1v) is 8.32. The molecule has 1 saturated carbocycles. The number of rotatable bonds is 4. The zero-order valence-corrected chi connectivity index (χ0v) is 13.7. The molecule has 0 radical (unpaired) electrons. The molecule has 1 aromatic rings. The molecule has 1 aromatic heterocycles. The van der Waals surface area contributed by atoms with Gasteiger partial charge in [0.25, 0.3) is 5.91 Å². The van der Waals surface area contributed by atoms with Crippen LogP contribution >= 0.6 is 11.3 Å². The highest BCUT2D eigenvalue weighted by atomic mass is 32.1. The Hall–Kier alpha value is -1.36. The Morgan fingerprint density at radius 1 is 1.33 bits per heavy atom. The number of nitrogens with one attached hydrogen (secondary N) is 1. The van der Waals surface area contributed by atoms with Gasteiger partial charge in [-0.15, -0.1) is 11.3 Å². The molecule has 1 N–H and O–H groups in total. The second-order valence-corrected chi connectivity index (χ2v) is 7.22. The minimum atomic E-state index is -0.423. The fraction of sp³-hybridized carbons (Fsp3) is 0.625.